The number of nitrogens with one attached hydrogen (secondary N) is 2. The summed E-state index contributed by atoms with van der Waals surface area (Å²) >= 11 is 3.69. The Kier molecular flexibility index (Phi) is 8.00. The van der Waals surface area contributed by atoms with Crippen LogP contribution in [-0.2, 0) is 5.41 Å². The second kappa shape index (κ2) is 8.85. The predicted molar refractivity (Wildman–Crippen MR) is 118 cm³/mol. The van der Waals surface area contributed by atoms with E-state index in [1.807, 2.05) is 7.05 Å². The highest BCUT2D eigenvalue weighted by Crippen LogP contribution is 2.49. The largest absolute Gasteiger partial charge is 0.356 e. The van der Waals surface area contributed by atoms with Crippen LogP contribution in [0.25, 0.3) is 0 Å². The first-order valence-electron chi connectivity index (χ1n) is 8.18. The van der Waals surface area contributed by atoms with Crippen molar-refractivity contribution in [2.75, 3.05) is 34.2 Å². The third kappa shape index (κ3) is 5.33. The Morgan fingerprint density at radius 2 is 1.88 bits per heavy atom. The first kappa shape index (κ1) is 21.7. The van der Waals surface area contributed by atoms with Crippen LogP contribution in [0, 0.1) is 0 Å². The van der Waals surface area contributed by atoms with Crippen molar-refractivity contribution in [3.05, 3.63) is 34.3 Å². The predicted octanol–water partition coefficient (Wildman–Crippen LogP) is 3.60. The number of hydrogen-bond donors (Lipinski definition) is 2. The molecule has 1 aliphatic carbocycles. The lowest BCUT2D eigenvalue weighted by Crippen LogP contribution is -2.51. The standard InChI is InChI=1S/C18H29BrN4.HI/c1-17(2,23(4)5)12-21-16(20-3)22-13-18(10-11-18)14-8-6-7-9-15(14)19;/h6-9H,10-13H2,1-5H3,(H2,20,21,22);1H. The van der Waals surface area contributed by atoms with Gasteiger partial charge in [0.2, 0.25) is 0 Å². The summed E-state index contributed by atoms with van der Waals surface area (Å²) in [6, 6.07) is 8.54. The molecule has 0 heterocycles. The van der Waals surface area contributed by atoms with Gasteiger partial charge in [0.05, 0.1) is 0 Å². The molecule has 0 spiro atoms. The molecule has 0 radical (unpaired) electrons. The average molecular weight is 509 g/mol. The van der Waals surface area contributed by atoms with E-state index in [9.17, 15) is 0 Å². The van der Waals surface area contributed by atoms with E-state index in [0.29, 0.717) is 0 Å². The van der Waals surface area contributed by atoms with E-state index in [-0.39, 0.29) is 34.9 Å². The van der Waals surface area contributed by atoms with Gasteiger partial charge in [-0.25, -0.2) is 0 Å². The van der Waals surface area contributed by atoms with Crippen LogP contribution in [0.5, 0.6) is 0 Å². The molecule has 1 aromatic carbocycles. The number of halogens is 2. The van der Waals surface area contributed by atoms with Crippen molar-refractivity contribution in [1.82, 2.24) is 15.5 Å². The number of nitrogens with zero attached hydrogens (tertiary/aromatic N) is 2. The Bertz CT molecular complexity index is 568. The Hall–Kier alpha value is -0.340. The third-order valence-electron chi connectivity index (χ3n) is 5.02. The van der Waals surface area contributed by atoms with Crippen LogP contribution in [0.15, 0.2) is 33.7 Å². The zero-order valence-corrected chi connectivity index (χ0v) is 19.2. The number of hydrogen-bond acceptors (Lipinski definition) is 2. The van der Waals surface area contributed by atoms with Crippen LogP contribution in [-0.4, -0.2) is 50.6 Å². The van der Waals surface area contributed by atoms with Crippen molar-refractivity contribution in [2.45, 2.75) is 37.6 Å². The van der Waals surface area contributed by atoms with Crippen molar-refractivity contribution in [2.24, 2.45) is 4.99 Å². The molecule has 0 bridgehead atoms. The monoisotopic (exact) mass is 508 g/mol. The Morgan fingerprint density at radius 3 is 2.38 bits per heavy atom. The lowest BCUT2D eigenvalue weighted by molar-refractivity contribution is 0.197. The molecule has 0 atom stereocenters. The Morgan fingerprint density at radius 1 is 1.25 bits per heavy atom. The highest BCUT2D eigenvalue weighted by Gasteiger charge is 2.45. The number of guanidine groups is 1. The van der Waals surface area contributed by atoms with Gasteiger partial charge in [-0.15, -0.1) is 24.0 Å². The summed E-state index contributed by atoms with van der Waals surface area (Å²) in [5.41, 5.74) is 1.73. The van der Waals surface area contributed by atoms with Crippen LogP contribution in [0.2, 0.25) is 0 Å². The molecule has 0 amide bonds. The molecule has 1 aliphatic rings. The van der Waals surface area contributed by atoms with Crippen LogP contribution in [0.1, 0.15) is 32.3 Å². The second-order valence-electron chi connectivity index (χ2n) is 7.25. The molecule has 0 unspecified atom stereocenters. The van der Waals surface area contributed by atoms with E-state index in [1.165, 1.54) is 22.9 Å². The van der Waals surface area contributed by atoms with Gasteiger partial charge < -0.3 is 15.5 Å². The molecule has 1 fully saturated rings. The fourth-order valence-corrected chi connectivity index (χ4v) is 3.22. The molecule has 136 valence electrons. The SMILES string of the molecule is CN=C(NCC1(c2ccccc2Br)CC1)NCC(C)(C)N(C)C.I. The second-order valence-corrected chi connectivity index (χ2v) is 8.10. The van der Waals surface area contributed by atoms with Crippen LogP contribution < -0.4 is 10.6 Å². The molecule has 24 heavy (non-hydrogen) atoms. The van der Waals surface area contributed by atoms with Gasteiger partial charge in [0.15, 0.2) is 5.96 Å². The molecule has 4 nitrogen and oxygen atoms in total. The van der Waals surface area contributed by atoms with Crippen molar-refractivity contribution < 1.29 is 0 Å². The highest BCUT2D eigenvalue weighted by molar-refractivity contribution is 14.0. The maximum atomic E-state index is 4.36. The molecule has 1 aromatic rings. The highest BCUT2D eigenvalue weighted by atomic mass is 127. The minimum Gasteiger partial charge on any atom is -0.356 e. The summed E-state index contributed by atoms with van der Waals surface area (Å²) in [7, 11) is 6.03. The summed E-state index contributed by atoms with van der Waals surface area (Å²) in [5, 5.41) is 6.95. The summed E-state index contributed by atoms with van der Waals surface area (Å²) in [6.07, 6.45) is 2.45. The lowest BCUT2D eigenvalue weighted by atomic mass is 9.96. The summed E-state index contributed by atoms with van der Waals surface area (Å²) in [6.45, 7) is 6.20. The van der Waals surface area contributed by atoms with Gasteiger partial charge in [0.1, 0.15) is 0 Å². The van der Waals surface area contributed by atoms with Gasteiger partial charge in [-0.2, -0.15) is 0 Å². The van der Waals surface area contributed by atoms with Crippen molar-refractivity contribution in [3.63, 3.8) is 0 Å². The van der Waals surface area contributed by atoms with E-state index < -0.39 is 0 Å². The topological polar surface area (TPSA) is 39.7 Å². The van der Waals surface area contributed by atoms with Gasteiger partial charge in [0, 0.05) is 35.6 Å². The maximum absolute atomic E-state index is 4.36. The van der Waals surface area contributed by atoms with E-state index in [0.717, 1.165) is 19.0 Å². The van der Waals surface area contributed by atoms with Gasteiger partial charge in [-0.05, 0) is 52.4 Å². The van der Waals surface area contributed by atoms with E-state index >= 15 is 0 Å². The Labute approximate surface area is 172 Å². The summed E-state index contributed by atoms with van der Waals surface area (Å²) in [5.74, 6) is 0.873. The first-order chi connectivity index (χ1) is 10.8. The molecule has 2 rings (SSSR count). The summed E-state index contributed by atoms with van der Waals surface area (Å²) in [4.78, 5) is 6.58. The normalized spacial score (nSPS) is 16.5. The number of likely N-dealkylation sites (N-methyl/N-ethyl adjacent to an activating group) is 1. The fraction of sp³-hybridized carbons (Fsp3) is 0.611. The van der Waals surface area contributed by atoms with E-state index in [1.54, 1.807) is 0 Å². The Balaban J connectivity index is 0.00000288. The molecule has 0 saturated heterocycles. The fourth-order valence-electron chi connectivity index (χ4n) is 2.52. The average Bonchev–Trinajstić information content (AvgIpc) is 3.28. The molecule has 0 aromatic heterocycles. The number of aliphatic imine (C=N–C) groups is 1. The quantitative estimate of drug-likeness (QED) is 0.350. The molecule has 2 N–H and O–H groups in total. The smallest absolute Gasteiger partial charge is 0.191 e. The van der Waals surface area contributed by atoms with Crippen molar-refractivity contribution in [1.29, 1.82) is 0 Å². The summed E-state index contributed by atoms with van der Waals surface area (Å²) < 4.78 is 1.20. The van der Waals surface area contributed by atoms with Crippen LogP contribution in [0.3, 0.4) is 0 Å². The zero-order valence-electron chi connectivity index (χ0n) is 15.3. The van der Waals surface area contributed by atoms with Gasteiger partial charge >= 0.3 is 0 Å². The van der Waals surface area contributed by atoms with E-state index in [2.05, 4.69) is 88.7 Å². The van der Waals surface area contributed by atoms with Gasteiger partial charge in [0.25, 0.3) is 0 Å². The van der Waals surface area contributed by atoms with Crippen LogP contribution >= 0.6 is 39.9 Å². The minimum atomic E-state index is 0. The lowest BCUT2D eigenvalue weighted by Gasteiger charge is -2.33. The zero-order chi connectivity index (χ0) is 17.1. The molecular weight excluding hydrogens is 479 g/mol. The van der Waals surface area contributed by atoms with Crippen molar-refractivity contribution in [3.8, 4) is 0 Å². The maximum Gasteiger partial charge on any atom is 0.191 e. The molecule has 1 saturated carbocycles. The van der Waals surface area contributed by atoms with Crippen LogP contribution in [0.4, 0.5) is 0 Å². The number of benzene rings is 1. The number of rotatable bonds is 6. The molecule has 6 heteroatoms. The third-order valence-corrected chi connectivity index (χ3v) is 5.71. The van der Waals surface area contributed by atoms with E-state index in [4.69, 9.17) is 0 Å². The minimum absolute atomic E-state index is 0. The van der Waals surface area contributed by atoms with Gasteiger partial charge in [-0.1, -0.05) is 34.1 Å². The first-order valence-corrected chi connectivity index (χ1v) is 8.97. The van der Waals surface area contributed by atoms with Crippen molar-refractivity contribution >= 4 is 45.9 Å². The molecular formula is C18H30BrIN4. The molecule has 0 aliphatic heterocycles. The van der Waals surface area contributed by atoms with Gasteiger partial charge in [-0.3, -0.25) is 4.99 Å².